The van der Waals surface area contributed by atoms with Crippen LogP contribution in [0.3, 0.4) is 0 Å². The summed E-state index contributed by atoms with van der Waals surface area (Å²) in [4.78, 5) is 8.60. The lowest BCUT2D eigenvalue weighted by atomic mass is 10.0. The predicted molar refractivity (Wildman–Crippen MR) is 76.8 cm³/mol. The van der Waals surface area contributed by atoms with Crippen molar-refractivity contribution in [1.29, 1.82) is 0 Å². The molecule has 1 aliphatic carbocycles. The first-order chi connectivity index (χ1) is 9.17. The molecular formula is C14H24N4O. The molecule has 3 N–H and O–H groups in total. The molecule has 19 heavy (non-hydrogen) atoms. The van der Waals surface area contributed by atoms with Crippen molar-refractivity contribution < 1.29 is 4.74 Å². The zero-order valence-corrected chi connectivity index (χ0v) is 11.9. The second-order valence-electron chi connectivity index (χ2n) is 5.33. The summed E-state index contributed by atoms with van der Waals surface area (Å²) in [5.74, 6) is 1.95. The van der Waals surface area contributed by atoms with Crippen LogP contribution in [0.1, 0.15) is 45.4 Å². The SMILES string of the molecule is CCCC1(CNc2cc(N)nc(COCC)n2)CC1. The molecule has 1 aliphatic rings. The smallest absolute Gasteiger partial charge is 0.158 e. The standard InChI is InChI=1S/C14H24N4O/c1-3-5-14(6-7-14)10-16-12-8-11(15)17-13(18-12)9-19-4-2/h8H,3-7,9-10H2,1-2H3,(H3,15,16,17,18). The van der Waals surface area contributed by atoms with Crippen LogP contribution in [-0.2, 0) is 11.3 Å². The average Bonchev–Trinajstić information content (AvgIpc) is 3.14. The molecule has 0 atom stereocenters. The van der Waals surface area contributed by atoms with Gasteiger partial charge < -0.3 is 15.8 Å². The molecule has 0 amide bonds. The highest BCUT2D eigenvalue weighted by atomic mass is 16.5. The molecule has 5 heteroatoms. The van der Waals surface area contributed by atoms with E-state index in [4.69, 9.17) is 10.5 Å². The van der Waals surface area contributed by atoms with Crippen LogP contribution in [0.5, 0.6) is 0 Å². The van der Waals surface area contributed by atoms with E-state index in [9.17, 15) is 0 Å². The number of nitrogens with zero attached hydrogens (tertiary/aromatic N) is 2. The molecule has 106 valence electrons. The Morgan fingerprint density at radius 3 is 2.79 bits per heavy atom. The van der Waals surface area contributed by atoms with E-state index in [1.807, 2.05) is 6.92 Å². The van der Waals surface area contributed by atoms with Gasteiger partial charge in [0, 0.05) is 19.2 Å². The van der Waals surface area contributed by atoms with Crippen LogP contribution in [0, 0.1) is 5.41 Å². The monoisotopic (exact) mass is 264 g/mol. The third-order valence-electron chi connectivity index (χ3n) is 3.61. The molecule has 0 saturated heterocycles. The lowest BCUT2D eigenvalue weighted by Crippen LogP contribution is -2.17. The fourth-order valence-electron chi connectivity index (χ4n) is 2.37. The Balaban J connectivity index is 1.94. The quantitative estimate of drug-likeness (QED) is 0.755. The van der Waals surface area contributed by atoms with Crippen molar-refractivity contribution in [3.63, 3.8) is 0 Å². The third-order valence-corrected chi connectivity index (χ3v) is 3.61. The first-order valence-corrected chi connectivity index (χ1v) is 7.12. The first kappa shape index (κ1) is 14.1. The van der Waals surface area contributed by atoms with Gasteiger partial charge in [0.2, 0.25) is 0 Å². The van der Waals surface area contributed by atoms with Gasteiger partial charge in [-0.2, -0.15) is 0 Å². The first-order valence-electron chi connectivity index (χ1n) is 7.12. The molecule has 0 bridgehead atoms. The molecule has 0 unspecified atom stereocenters. The minimum Gasteiger partial charge on any atom is -0.384 e. The summed E-state index contributed by atoms with van der Waals surface area (Å²) in [6.07, 6.45) is 5.16. The summed E-state index contributed by atoms with van der Waals surface area (Å²) >= 11 is 0. The fourth-order valence-corrected chi connectivity index (χ4v) is 2.37. The van der Waals surface area contributed by atoms with Crippen molar-refractivity contribution in [1.82, 2.24) is 9.97 Å². The van der Waals surface area contributed by atoms with Crippen LogP contribution in [-0.4, -0.2) is 23.1 Å². The van der Waals surface area contributed by atoms with Crippen molar-refractivity contribution in [2.75, 3.05) is 24.2 Å². The summed E-state index contributed by atoms with van der Waals surface area (Å²) in [6, 6.07) is 1.79. The number of anilines is 2. The minimum atomic E-state index is 0.413. The Bertz CT molecular complexity index is 418. The number of aromatic nitrogens is 2. The Morgan fingerprint density at radius 1 is 1.37 bits per heavy atom. The molecule has 0 aliphatic heterocycles. The van der Waals surface area contributed by atoms with Crippen molar-refractivity contribution in [2.45, 2.75) is 46.1 Å². The highest BCUT2D eigenvalue weighted by Crippen LogP contribution is 2.49. The summed E-state index contributed by atoms with van der Waals surface area (Å²) < 4.78 is 5.32. The molecule has 1 heterocycles. The average molecular weight is 264 g/mol. The second-order valence-corrected chi connectivity index (χ2v) is 5.33. The van der Waals surface area contributed by atoms with E-state index in [1.54, 1.807) is 6.07 Å². The van der Waals surface area contributed by atoms with Gasteiger partial charge in [0.1, 0.15) is 18.2 Å². The van der Waals surface area contributed by atoms with Crippen LogP contribution in [0.25, 0.3) is 0 Å². The minimum absolute atomic E-state index is 0.413. The topological polar surface area (TPSA) is 73.1 Å². The van der Waals surface area contributed by atoms with Gasteiger partial charge in [-0.3, -0.25) is 0 Å². The van der Waals surface area contributed by atoms with Gasteiger partial charge in [0.15, 0.2) is 5.82 Å². The molecule has 0 spiro atoms. The van der Waals surface area contributed by atoms with Crippen LogP contribution in [0.4, 0.5) is 11.6 Å². The van der Waals surface area contributed by atoms with Crippen LogP contribution in [0.2, 0.25) is 0 Å². The van der Waals surface area contributed by atoms with Crippen LogP contribution < -0.4 is 11.1 Å². The van der Waals surface area contributed by atoms with E-state index in [0.717, 1.165) is 12.4 Å². The lowest BCUT2D eigenvalue weighted by molar-refractivity contribution is 0.128. The zero-order valence-electron chi connectivity index (χ0n) is 11.9. The maximum atomic E-state index is 5.80. The Hall–Kier alpha value is -1.36. The zero-order chi connectivity index (χ0) is 13.7. The number of nitrogens with one attached hydrogen (secondary N) is 1. The number of nitrogens with two attached hydrogens (primary N) is 1. The lowest BCUT2D eigenvalue weighted by Gasteiger charge is -2.15. The van der Waals surface area contributed by atoms with Crippen molar-refractivity contribution >= 4 is 11.6 Å². The molecule has 1 aromatic heterocycles. The van der Waals surface area contributed by atoms with E-state index in [0.29, 0.717) is 30.3 Å². The van der Waals surface area contributed by atoms with E-state index in [2.05, 4.69) is 22.2 Å². The van der Waals surface area contributed by atoms with Gasteiger partial charge in [0.25, 0.3) is 0 Å². The van der Waals surface area contributed by atoms with Gasteiger partial charge in [-0.05, 0) is 31.6 Å². The number of hydrogen-bond acceptors (Lipinski definition) is 5. The second kappa shape index (κ2) is 6.19. The van der Waals surface area contributed by atoms with Crippen molar-refractivity contribution in [3.8, 4) is 0 Å². The number of nitrogen functional groups attached to an aromatic ring is 1. The largest absolute Gasteiger partial charge is 0.384 e. The molecular weight excluding hydrogens is 240 g/mol. The predicted octanol–water partition coefficient (Wildman–Crippen LogP) is 2.59. The highest BCUT2D eigenvalue weighted by Gasteiger charge is 2.41. The van der Waals surface area contributed by atoms with Gasteiger partial charge in [-0.15, -0.1) is 0 Å². The van der Waals surface area contributed by atoms with E-state index in [-0.39, 0.29) is 0 Å². The molecule has 0 radical (unpaired) electrons. The van der Waals surface area contributed by atoms with Gasteiger partial charge in [0.05, 0.1) is 0 Å². The van der Waals surface area contributed by atoms with Gasteiger partial charge in [-0.1, -0.05) is 13.3 Å². The van der Waals surface area contributed by atoms with Crippen molar-refractivity contribution in [2.24, 2.45) is 5.41 Å². The summed E-state index contributed by atoms with van der Waals surface area (Å²) in [5.41, 5.74) is 6.29. The molecule has 1 saturated carbocycles. The van der Waals surface area contributed by atoms with Crippen LogP contribution >= 0.6 is 0 Å². The number of hydrogen-bond donors (Lipinski definition) is 2. The Labute approximate surface area is 115 Å². The molecule has 1 fully saturated rings. The summed E-state index contributed by atoms with van der Waals surface area (Å²) in [5, 5.41) is 3.40. The number of ether oxygens (including phenoxy) is 1. The van der Waals surface area contributed by atoms with Gasteiger partial charge in [-0.25, -0.2) is 9.97 Å². The summed E-state index contributed by atoms with van der Waals surface area (Å²) in [7, 11) is 0. The molecule has 2 rings (SSSR count). The molecule has 0 aromatic carbocycles. The maximum Gasteiger partial charge on any atom is 0.158 e. The van der Waals surface area contributed by atoms with Crippen molar-refractivity contribution in [3.05, 3.63) is 11.9 Å². The summed E-state index contributed by atoms with van der Waals surface area (Å²) in [6.45, 7) is 6.23. The molecule has 5 nitrogen and oxygen atoms in total. The maximum absolute atomic E-state index is 5.80. The third kappa shape index (κ3) is 4.06. The Kier molecular flexibility index (Phi) is 4.58. The number of rotatable bonds is 8. The Morgan fingerprint density at radius 2 is 2.16 bits per heavy atom. The normalized spacial score (nSPS) is 16.3. The molecule has 1 aromatic rings. The fraction of sp³-hybridized carbons (Fsp3) is 0.714. The van der Waals surface area contributed by atoms with E-state index >= 15 is 0 Å². The highest BCUT2D eigenvalue weighted by molar-refractivity contribution is 5.44. The van der Waals surface area contributed by atoms with Gasteiger partial charge >= 0.3 is 0 Å². The van der Waals surface area contributed by atoms with E-state index < -0.39 is 0 Å². The van der Waals surface area contributed by atoms with Crippen LogP contribution in [0.15, 0.2) is 6.07 Å². The van der Waals surface area contributed by atoms with E-state index in [1.165, 1.54) is 25.7 Å².